The second-order valence-corrected chi connectivity index (χ2v) is 4.60. The molecule has 0 aromatic carbocycles. The lowest BCUT2D eigenvalue weighted by Crippen LogP contribution is -2.47. The van der Waals surface area contributed by atoms with Crippen molar-refractivity contribution in [3.05, 3.63) is 0 Å². The summed E-state index contributed by atoms with van der Waals surface area (Å²) in [5, 5.41) is 2.96. The van der Waals surface area contributed by atoms with Gasteiger partial charge in [-0.05, 0) is 18.8 Å². The molecule has 94 valence electrons. The van der Waals surface area contributed by atoms with Crippen LogP contribution in [0.15, 0.2) is 0 Å². The number of rotatable bonds is 2. The van der Waals surface area contributed by atoms with Crippen molar-refractivity contribution in [3.8, 4) is 0 Å². The highest BCUT2D eigenvalue weighted by atomic mass is 35.5. The maximum atomic E-state index is 12.8. The van der Waals surface area contributed by atoms with Gasteiger partial charge >= 0.3 is 5.97 Å². The molecule has 1 spiro atoms. The molecule has 0 aromatic rings. The van der Waals surface area contributed by atoms with Gasteiger partial charge in [0, 0.05) is 19.4 Å². The van der Waals surface area contributed by atoms with Crippen LogP contribution in [0.1, 0.15) is 26.2 Å². The van der Waals surface area contributed by atoms with Crippen molar-refractivity contribution in [3.63, 3.8) is 0 Å². The monoisotopic (exact) mass is 255 g/mol. The van der Waals surface area contributed by atoms with E-state index in [0.29, 0.717) is 19.6 Å². The largest absolute Gasteiger partial charge is 0.465 e. The van der Waals surface area contributed by atoms with Gasteiger partial charge in [0.1, 0.15) is 6.04 Å². The number of carbonyl (C=O) groups is 1. The molecule has 0 aromatic heterocycles. The maximum absolute atomic E-state index is 12.8. The lowest BCUT2D eigenvalue weighted by Gasteiger charge is -2.44. The van der Waals surface area contributed by atoms with Gasteiger partial charge in [-0.25, -0.2) is 8.78 Å². The van der Waals surface area contributed by atoms with Gasteiger partial charge in [-0.3, -0.25) is 4.79 Å². The highest BCUT2D eigenvalue weighted by Gasteiger charge is 2.59. The Balaban J connectivity index is 0.00000128. The Bertz CT molecular complexity index is 278. The molecule has 1 heterocycles. The molecule has 0 radical (unpaired) electrons. The summed E-state index contributed by atoms with van der Waals surface area (Å²) in [4.78, 5) is 11.4. The van der Waals surface area contributed by atoms with Crippen molar-refractivity contribution in [2.24, 2.45) is 5.41 Å². The third kappa shape index (κ3) is 2.46. The van der Waals surface area contributed by atoms with Crippen molar-refractivity contribution in [1.29, 1.82) is 0 Å². The van der Waals surface area contributed by atoms with E-state index in [0.717, 1.165) is 0 Å². The predicted molar refractivity (Wildman–Crippen MR) is 56.9 cm³/mol. The Hall–Kier alpha value is -0.420. The fourth-order valence-electron chi connectivity index (χ4n) is 2.64. The first-order chi connectivity index (χ1) is 6.96. The Morgan fingerprint density at radius 2 is 2.12 bits per heavy atom. The van der Waals surface area contributed by atoms with Gasteiger partial charge in [-0.15, -0.1) is 12.4 Å². The first-order valence-electron chi connectivity index (χ1n) is 5.24. The van der Waals surface area contributed by atoms with Crippen LogP contribution in [-0.4, -0.2) is 31.1 Å². The average Bonchev–Trinajstić information content (AvgIpc) is 2.47. The third-order valence-electron chi connectivity index (χ3n) is 3.20. The molecule has 0 unspecified atom stereocenters. The molecule has 2 aliphatic rings. The zero-order chi connectivity index (χ0) is 11.1. The molecule has 16 heavy (non-hydrogen) atoms. The summed E-state index contributed by atoms with van der Waals surface area (Å²) in [6.07, 6.45) is 0.299. The zero-order valence-corrected chi connectivity index (χ0v) is 9.91. The lowest BCUT2D eigenvalue weighted by molar-refractivity contribution is -0.158. The minimum Gasteiger partial charge on any atom is -0.465 e. The maximum Gasteiger partial charge on any atom is 0.323 e. The molecular formula is C10H16ClF2NO2. The standard InChI is InChI=1S/C10H15F2NO2.ClH/c1-2-15-8(14)7-3-9(6-13-7)4-10(11,12)5-9;/h7,13H,2-6H2,1H3;1H/t7-;/m0./s1. The summed E-state index contributed by atoms with van der Waals surface area (Å²) in [6.45, 7) is 2.58. The Morgan fingerprint density at radius 1 is 1.50 bits per heavy atom. The average molecular weight is 256 g/mol. The highest BCUT2D eigenvalue weighted by Crippen LogP contribution is 2.56. The molecule has 6 heteroatoms. The molecule has 2 fully saturated rings. The number of hydrogen-bond acceptors (Lipinski definition) is 3. The molecular weight excluding hydrogens is 240 g/mol. The number of hydrogen-bond donors (Lipinski definition) is 1. The minimum atomic E-state index is -2.52. The SMILES string of the molecule is CCOC(=O)[C@@H]1CC2(CN1)CC(F)(F)C2.Cl. The molecule has 1 N–H and O–H groups in total. The third-order valence-corrected chi connectivity index (χ3v) is 3.20. The first-order valence-corrected chi connectivity index (χ1v) is 5.24. The smallest absolute Gasteiger partial charge is 0.323 e. The van der Waals surface area contributed by atoms with E-state index in [1.54, 1.807) is 6.92 Å². The van der Waals surface area contributed by atoms with E-state index >= 15 is 0 Å². The minimum absolute atomic E-state index is 0. The van der Waals surface area contributed by atoms with Gasteiger partial charge in [0.05, 0.1) is 6.61 Å². The van der Waals surface area contributed by atoms with Gasteiger partial charge in [0.2, 0.25) is 5.92 Å². The van der Waals surface area contributed by atoms with Crippen molar-refractivity contribution >= 4 is 18.4 Å². The Kier molecular flexibility index (Phi) is 3.80. The lowest BCUT2D eigenvalue weighted by atomic mass is 9.65. The van der Waals surface area contributed by atoms with E-state index < -0.39 is 5.92 Å². The van der Waals surface area contributed by atoms with E-state index in [2.05, 4.69) is 5.32 Å². The molecule has 1 aliphatic heterocycles. The summed E-state index contributed by atoms with van der Waals surface area (Å²) < 4.78 is 30.4. The van der Waals surface area contributed by atoms with Crippen molar-refractivity contribution in [1.82, 2.24) is 5.32 Å². The summed E-state index contributed by atoms with van der Waals surface area (Å²) in [7, 11) is 0. The molecule has 2 rings (SSSR count). The summed E-state index contributed by atoms with van der Waals surface area (Å²) >= 11 is 0. The van der Waals surface area contributed by atoms with Crippen molar-refractivity contribution < 1.29 is 18.3 Å². The number of esters is 1. The Labute approximate surface area is 99.3 Å². The van der Waals surface area contributed by atoms with Crippen LogP contribution in [0.5, 0.6) is 0 Å². The van der Waals surface area contributed by atoms with Gasteiger partial charge in [-0.2, -0.15) is 0 Å². The molecule has 1 aliphatic carbocycles. The molecule has 0 amide bonds. The van der Waals surface area contributed by atoms with Crippen LogP contribution in [0.4, 0.5) is 8.78 Å². The van der Waals surface area contributed by atoms with Gasteiger partial charge in [0.25, 0.3) is 0 Å². The number of ether oxygens (including phenoxy) is 1. The second-order valence-electron chi connectivity index (χ2n) is 4.60. The fourth-order valence-corrected chi connectivity index (χ4v) is 2.64. The summed E-state index contributed by atoms with van der Waals surface area (Å²) in [6, 6.07) is -0.388. The molecule has 1 atom stereocenters. The molecule has 0 bridgehead atoms. The van der Waals surface area contributed by atoms with Crippen LogP contribution >= 0.6 is 12.4 Å². The quantitative estimate of drug-likeness (QED) is 0.764. The van der Waals surface area contributed by atoms with E-state index in [4.69, 9.17) is 4.74 Å². The fraction of sp³-hybridized carbons (Fsp3) is 0.900. The van der Waals surface area contributed by atoms with E-state index in [9.17, 15) is 13.6 Å². The van der Waals surface area contributed by atoms with Gasteiger partial charge in [-0.1, -0.05) is 0 Å². The molecule has 1 saturated heterocycles. The van der Waals surface area contributed by atoms with Crippen molar-refractivity contribution in [2.45, 2.75) is 38.2 Å². The Morgan fingerprint density at radius 3 is 2.62 bits per heavy atom. The number of halogens is 3. The number of nitrogens with one attached hydrogen (secondary N) is 1. The summed E-state index contributed by atoms with van der Waals surface area (Å²) in [5.41, 5.74) is -0.360. The van der Waals surface area contributed by atoms with E-state index in [-0.39, 0.29) is 42.7 Å². The normalized spacial score (nSPS) is 29.3. The predicted octanol–water partition coefficient (Wildman–Crippen LogP) is 1.75. The van der Waals surface area contributed by atoms with Crippen LogP contribution in [0.3, 0.4) is 0 Å². The zero-order valence-electron chi connectivity index (χ0n) is 9.09. The van der Waals surface area contributed by atoms with Crippen LogP contribution in [0.2, 0.25) is 0 Å². The topological polar surface area (TPSA) is 38.3 Å². The first kappa shape index (κ1) is 13.6. The van der Waals surface area contributed by atoms with E-state index in [1.807, 2.05) is 0 Å². The highest BCUT2D eigenvalue weighted by molar-refractivity contribution is 5.85. The second kappa shape index (κ2) is 4.45. The van der Waals surface area contributed by atoms with Crippen molar-refractivity contribution in [2.75, 3.05) is 13.2 Å². The molecule has 1 saturated carbocycles. The van der Waals surface area contributed by atoms with E-state index in [1.165, 1.54) is 0 Å². The van der Waals surface area contributed by atoms with Crippen LogP contribution in [-0.2, 0) is 9.53 Å². The van der Waals surface area contributed by atoms with Gasteiger partial charge < -0.3 is 10.1 Å². The molecule has 3 nitrogen and oxygen atoms in total. The van der Waals surface area contributed by atoms with Crippen LogP contribution in [0.25, 0.3) is 0 Å². The van der Waals surface area contributed by atoms with Crippen LogP contribution < -0.4 is 5.32 Å². The number of carbonyl (C=O) groups excluding carboxylic acids is 1. The number of alkyl halides is 2. The summed E-state index contributed by atoms with van der Waals surface area (Å²) in [5.74, 6) is -2.84. The van der Waals surface area contributed by atoms with Gasteiger partial charge in [0.15, 0.2) is 0 Å². The van der Waals surface area contributed by atoms with Crippen LogP contribution in [0, 0.1) is 5.41 Å².